The Labute approximate surface area is 182 Å². The van der Waals surface area contributed by atoms with E-state index in [0.717, 1.165) is 28.8 Å². The molecule has 0 fully saturated rings. The number of rotatable bonds is 4. The number of phenolic OH excluding ortho intramolecular Hbond substituents is 1. The number of allylic oxidation sites excluding steroid dienone is 1. The van der Waals surface area contributed by atoms with Gasteiger partial charge in [-0.3, -0.25) is 4.99 Å². The third-order valence-electron chi connectivity index (χ3n) is 5.87. The first-order valence-corrected chi connectivity index (χ1v) is 10.5. The van der Waals surface area contributed by atoms with Crippen molar-refractivity contribution in [2.45, 2.75) is 13.3 Å². The minimum Gasteiger partial charge on any atom is -0.507 e. The van der Waals surface area contributed by atoms with Crippen molar-refractivity contribution in [1.82, 2.24) is 0 Å². The molecule has 1 aliphatic carbocycles. The van der Waals surface area contributed by atoms with E-state index in [1.165, 1.54) is 27.8 Å². The molecular formula is C29H23NO. The third-order valence-corrected chi connectivity index (χ3v) is 5.87. The van der Waals surface area contributed by atoms with E-state index in [0.29, 0.717) is 0 Å². The molecule has 5 rings (SSSR count). The molecule has 0 aromatic heterocycles. The van der Waals surface area contributed by atoms with Crippen LogP contribution in [0.25, 0.3) is 11.1 Å². The van der Waals surface area contributed by atoms with Crippen molar-refractivity contribution in [3.8, 4) is 5.75 Å². The summed E-state index contributed by atoms with van der Waals surface area (Å²) >= 11 is 0. The first-order chi connectivity index (χ1) is 15.2. The summed E-state index contributed by atoms with van der Waals surface area (Å²) in [5.74, 6) is 0.241. The van der Waals surface area contributed by atoms with E-state index in [9.17, 15) is 5.11 Å². The Morgan fingerprint density at radius 3 is 2.29 bits per heavy atom. The van der Waals surface area contributed by atoms with Crippen LogP contribution in [0.5, 0.6) is 5.75 Å². The molecule has 0 radical (unpaired) electrons. The van der Waals surface area contributed by atoms with Crippen LogP contribution in [-0.2, 0) is 6.42 Å². The monoisotopic (exact) mass is 401 g/mol. The van der Waals surface area contributed by atoms with E-state index >= 15 is 0 Å². The van der Waals surface area contributed by atoms with Gasteiger partial charge in [-0.2, -0.15) is 0 Å². The number of hydrogen-bond donors (Lipinski definition) is 1. The Balaban J connectivity index is 1.70. The first kappa shape index (κ1) is 19.1. The maximum absolute atomic E-state index is 10.8. The number of aryl methyl sites for hydroxylation is 1. The summed E-state index contributed by atoms with van der Waals surface area (Å²) in [6, 6.07) is 32.8. The molecule has 4 aromatic rings. The van der Waals surface area contributed by atoms with Crippen LogP contribution in [0.15, 0.2) is 102 Å². The highest BCUT2D eigenvalue weighted by atomic mass is 16.3. The summed E-state index contributed by atoms with van der Waals surface area (Å²) in [7, 11) is 0. The second-order valence-electron chi connectivity index (χ2n) is 7.84. The minimum atomic E-state index is 0.241. The van der Waals surface area contributed by atoms with Gasteiger partial charge in [0, 0.05) is 11.8 Å². The molecule has 150 valence electrons. The Kier molecular flexibility index (Phi) is 4.97. The standard InChI is InChI=1S/C29H23NO/c1-20-10-5-8-16-27(20)30-19-26-24(15-9-17-28(26)31)25-18-22-13-6-7-14-23(22)29(25)21-11-3-2-4-12-21/h2-17,19,31H,18H2,1H3. The second-order valence-corrected chi connectivity index (χ2v) is 7.84. The number of para-hydroxylation sites is 1. The molecule has 0 heterocycles. The lowest BCUT2D eigenvalue weighted by atomic mass is 9.92. The molecule has 0 bridgehead atoms. The van der Waals surface area contributed by atoms with Crippen molar-refractivity contribution in [3.63, 3.8) is 0 Å². The van der Waals surface area contributed by atoms with Gasteiger partial charge < -0.3 is 5.11 Å². The van der Waals surface area contributed by atoms with Crippen LogP contribution in [0.3, 0.4) is 0 Å². The zero-order valence-electron chi connectivity index (χ0n) is 17.4. The van der Waals surface area contributed by atoms with E-state index in [1.54, 1.807) is 12.3 Å². The number of hydrogen-bond acceptors (Lipinski definition) is 2. The van der Waals surface area contributed by atoms with E-state index in [2.05, 4.69) is 54.6 Å². The summed E-state index contributed by atoms with van der Waals surface area (Å²) < 4.78 is 0. The zero-order valence-corrected chi connectivity index (χ0v) is 17.4. The van der Waals surface area contributed by atoms with E-state index in [-0.39, 0.29) is 5.75 Å². The van der Waals surface area contributed by atoms with Crippen molar-refractivity contribution in [1.29, 1.82) is 0 Å². The fraction of sp³-hybridized carbons (Fsp3) is 0.0690. The average Bonchev–Trinajstić information content (AvgIpc) is 3.19. The van der Waals surface area contributed by atoms with Crippen LogP contribution in [0.4, 0.5) is 5.69 Å². The van der Waals surface area contributed by atoms with E-state index in [4.69, 9.17) is 4.99 Å². The number of nitrogens with zero attached hydrogens (tertiary/aromatic N) is 1. The van der Waals surface area contributed by atoms with Gasteiger partial charge in [0.05, 0.1) is 5.69 Å². The summed E-state index contributed by atoms with van der Waals surface area (Å²) in [6.45, 7) is 2.04. The summed E-state index contributed by atoms with van der Waals surface area (Å²) in [5, 5.41) is 10.8. The minimum absolute atomic E-state index is 0.241. The van der Waals surface area contributed by atoms with Crippen LogP contribution in [0.1, 0.15) is 33.4 Å². The van der Waals surface area contributed by atoms with Crippen molar-refractivity contribution in [3.05, 3.63) is 130 Å². The van der Waals surface area contributed by atoms with Crippen LogP contribution in [0.2, 0.25) is 0 Å². The molecule has 31 heavy (non-hydrogen) atoms. The number of fused-ring (bicyclic) bond motifs is 1. The fourth-order valence-electron chi connectivity index (χ4n) is 4.32. The van der Waals surface area contributed by atoms with Gasteiger partial charge >= 0.3 is 0 Å². The topological polar surface area (TPSA) is 32.6 Å². The maximum Gasteiger partial charge on any atom is 0.124 e. The predicted octanol–water partition coefficient (Wildman–Crippen LogP) is 6.97. The summed E-state index contributed by atoms with van der Waals surface area (Å²) in [4.78, 5) is 4.71. The molecule has 0 amide bonds. The quantitative estimate of drug-likeness (QED) is 0.368. The van der Waals surface area contributed by atoms with Crippen molar-refractivity contribution in [2.24, 2.45) is 4.99 Å². The molecule has 1 aliphatic rings. The molecule has 0 spiro atoms. The summed E-state index contributed by atoms with van der Waals surface area (Å²) in [5.41, 5.74) is 9.98. The van der Waals surface area contributed by atoms with Gasteiger partial charge in [-0.25, -0.2) is 0 Å². The Morgan fingerprint density at radius 2 is 1.45 bits per heavy atom. The van der Waals surface area contributed by atoms with Crippen LogP contribution >= 0.6 is 0 Å². The highest BCUT2D eigenvalue weighted by molar-refractivity contribution is 6.07. The van der Waals surface area contributed by atoms with Crippen molar-refractivity contribution in [2.75, 3.05) is 0 Å². The third kappa shape index (κ3) is 3.57. The molecule has 0 aliphatic heterocycles. The molecule has 0 unspecified atom stereocenters. The largest absolute Gasteiger partial charge is 0.507 e. The second kappa shape index (κ2) is 8.08. The Bertz CT molecular complexity index is 1320. The molecular weight excluding hydrogens is 378 g/mol. The fourth-order valence-corrected chi connectivity index (χ4v) is 4.32. The first-order valence-electron chi connectivity index (χ1n) is 10.5. The van der Waals surface area contributed by atoms with Gasteiger partial charge in [0.15, 0.2) is 0 Å². The number of aromatic hydroxyl groups is 1. The normalized spacial score (nSPS) is 13.1. The predicted molar refractivity (Wildman–Crippen MR) is 129 cm³/mol. The lowest BCUT2D eigenvalue weighted by molar-refractivity contribution is 0.474. The summed E-state index contributed by atoms with van der Waals surface area (Å²) in [6.07, 6.45) is 2.63. The van der Waals surface area contributed by atoms with Crippen LogP contribution < -0.4 is 0 Å². The van der Waals surface area contributed by atoms with E-state index in [1.807, 2.05) is 43.3 Å². The molecule has 0 saturated carbocycles. The van der Waals surface area contributed by atoms with Gasteiger partial charge in [-0.05, 0) is 64.4 Å². The molecule has 2 heteroatoms. The average molecular weight is 402 g/mol. The van der Waals surface area contributed by atoms with Gasteiger partial charge in [-0.1, -0.05) is 84.9 Å². The number of benzene rings is 4. The number of aliphatic imine (C=N–C) groups is 1. The highest BCUT2D eigenvalue weighted by Crippen LogP contribution is 2.43. The Hall–Kier alpha value is -3.91. The molecule has 4 aromatic carbocycles. The van der Waals surface area contributed by atoms with Crippen LogP contribution in [0, 0.1) is 6.92 Å². The van der Waals surface area contributed by atoms with Gasteiger partial charge in [0.1, 0.15) is 5.75 Å². The van der Waals surface area contributed by atoms with Gasteiger partial charge in [0.25, 0.3) is 0 Å². The SMILES string of the molecule is Cc1ccccc1N=Cc1c(O)cccc1C1=C(c2ccccc2)c2ccccc2C1. The van der Waals surface area contributed by atoms with Crippen LogP contribution in [-0.4, -0.2) is 11.3 Å². The Morgan fingerprint density at radius 1 is 0.742 bits per heavy atom. The number of phenols is 1. The van der Waals surface area contributed by atoms with Crippen molar-refractivity contribution >= 4 is 23.0 Å². The van der Waals surface area contributed by atoms with E-state index < -0.39 is 0 Å². The molecule has 2 nitrogen and oxygen atoms in total. The maximum atomic E-state index is 10.8. The lowest BCUT2D eigenvalue weighted by Crippen LogP contribution is -1.96. The zero-order chi connectivity index (χ0) is 21.2. The molecule has 1 N–H and O–H groups in total. The highest BCUT2D eigenvalue weighted by Gasteiger charge is 2.25. The molecule has 0 saturated heterocycles. The smallest absolute Gasteiger partial charge is 0.124 e. The van der Waals surface area contributed by atoms with Gasteiger partial charge in [0.2, 0.25) is 0 Å². The molecule has 0 atom stereocenters. The lowest BCUT2D eigenvalue weighted by Gasteiger charge is -2.13. The van der Waals surface area contributed by atoms with Crippen molar-refractivity contribution < 1.29 is 5.11 Å². The van der Waals surface area contributed by atoms with Gasteiger partial charge in [-0.15, -0.1) is 0 Å².